The second-order valence-electron chi connectivity index (χ2n) is 4.21. The molecule has 18 heavy (non-hydrogen) atoms. The van der Waals surface area contributed by atoms with Gasteiger partial charge >= 0.3 is 0 Å². The van der Waals surface area contributed by atoms with Crippen LogP contribution in [0.5, 0.6) is 5.75 Å². The molecule has 0 unspecified atom stereocenters. The van der Waals surface area contributed by atoms with Crippen molar-refractivity contribution in [3.8, 4) is 5.75 Å². The standard InChI is InChI=1S/C15H19NOS/c1-2-3-9-17-15-6-4-13(5-7-15)11-16-14-8-10-18-12-14/h4-8,10,12,16H,2-3,9,11H2,1H3. The van der Waals surface area contributed by atoms with Crippen LogP contribution in [0, 0.1) is 0 Å². The summed E-state index contributed by atoms with van der Waals surface area (Å²) in [6.07, 6.45) is 2.28. The van der Waals surface area contributed by atoms with Crippen molar-refractivity contribution in [2.45, 2.75) is 26.3 Å². The maximum absolute atomic E-state index is 5.63. The van der Waals surface area contributed by atoms with Crippen molar-refractivity contribution in [1.29, 1.82) is 0 Å². The SMILES string of the molecule is CCCCOc1ccc(CNc2ccsc2)cc1. The van der Waals surface area contributed by atoms with Gasteiger partial charge in [0.15, 0.2) is 0 Å². The lowest BCUT2D eigenvalue weighted by Gasteiger charge is -2.07. The van der Waals surface area contributed by atoms with Gasteiger partial charge in [-0.3, -0.25) is 0 Å². The Kier molecular flexibility index (Phi) is 5.09. The van der Waals surface area contributed by atoms with Gasteiger partial charge in [-0.05, 0) is 35.6 Å². The molecule has 0 atom stereocenters. The molecule has 2 nitrogen and oxygen atoms in total. The van der Waals surface area contributed by atoms with Crippen LogP contribution in [0.1, 0.15) is 25.3 Å². The minimum atomic E-state index is 0.809. The van der Waals surface area contributed by atoms with Crippen LogP contribution >= 0.6 is 11.3 Å². The Balaban J connectivity index is 1.80. The highest BCUT2D eigenvalue weighted by atomic mass is 32.1. The molecule has 0 saturated carbocycles. The Morgan fingerprint density at radius 1 is 1.17 bits per heavy atom. The molecule has 0 aliphatic heterocycles. The van der Waals surface area contributed by atoms with Gasteiger partial charge in [0.25, 0.3) is 0 Å². The van der Waals surface area contributed by atoms with Crippen LogP contribution < -0.4 is 10.1 Å². The fourth-order valence-corrected chi connectivity index (χ4v) is 2.22. The molecule has 0 aliphatic rings. The first-order chi connectivity index (χ1) is 8.88. The minimum absolute atomic E-state index is 0.809. The first kappa shape index (κ1) is 13.0. The van der Waals surface area contributed by atoms with E-state index in [0.29, 0.717) is 0 Å². The van der Waals surface area contributed by atoms with Crippen molar-refractivity contribution in [3.05, 3.63) is 46.7 Å². The van der Waals surface area contributed by atoms with Gasteiger partial charge in [-0.25, -0.2) is 0 Å². The van der Waals surface area contributed by atoms with Crippen LogP contribution in [0.2, 0.25) is 0 Å². The number of hydrogen-bond acceptors (Lipinski definition) is 3. The molecule has 0 radical (unpaired) electrons. The maximum atomic E-state index is 5.63. The quantitative estimate of drug-likeness (QED) is 0.739. The molecule has 1 N–H and O–H groups in total. The van der Waals surface area contributed by atoms with Crippen molar-refractivity contribution >= 4 is 17.0 Å². The van der Waals surface area contributed by atoms with E-state index in [1.807, 2.05) is 12.1 Å². The fourth-order valence-electron chi connectivity index (χ4n) is 1.61. The van der Waals surface area contributed by atoms with Crippen molar-refractivity contribution in [2.24, 2.45) is 0 Å². The zero-order valence-electron chi connectivity index (χ0n) is 10.7. The molecular formula is C15H19NOS. The first-order valence-corrected chi connectivity index (χ1v) is 7.30. The van der Waals surface area contributed by atoms with E-state index in [2.05, 4.69) is 41.2 Å². The number of anilines is 1. The monoisotopic (exact) mass is 261 g/mol. The highest BCUT2D eigenvalue weighted by Gasteiger charge is 1.96. The van der Waals surface area contributed by atoms with Gasteiger partial charge in [-0.2, -0.15) is 11.3 Å². The van der Waals surface area contributed by atoms with E-state index >= 15 is 0 Å². The normalized spacial score (nSPS) is 10.3. The number of thiophene rings is 1. The Morgan fingerprint density at radius 3 is 2.67 bits per heavy atom. The molecule has 1 heterocycles. The van der Waals surface area contributed by atoms with Gasteiger partial charge in [-0.15, -0.1) is 0 Å². The number of rotatable bonds is 7. The third kappa shape index (κ3) is 4.08. The molecule has 0 fully saturated rings. The molecule has 1 aromatic carbocycles. The van der Waals surface area contributed by atoms with Gasteiger partial charge in [0, 0.05) is 17.6 Å². The summed E-state index contributed by atoms with van der Waals surface area (Å²) in [5.41, 5.74) is 2.45. The number of nitrogens with one attached hydrogen (secondary N) is 1. The number of ether oxygens (including phenoxy) is 1. The zero-order valence-corrected chi connectivity index (χ0v) is 11.5. The Morgan fingerprint density at radius 2 is 2.00 bits per heavy atom. The van der Waals surface area contributed by atoms with Crippen LogP contribution in [0.15, 0.2) is 41.1 Å². The van der Waals surface area contributed by atoms with Crippen molar-refractivity contribution < 1.29 is 4.74 Å². The van der Waals surface area contributed by atoms with Gasteiger partial charge in [0.2, 0.25) is 0 Å². The molecule has 0 spiro atoms. The molecule has 0 saturated heterocycles. The molecule has 0 bridgehead atoms. The lowest BCUT2D eigenvalue weighted by atomic mass is 10.2. The zero-order chi connectivity index (χ0) is 12.6. The second-order valence-corrected chi connectivity index (χ2v) is 4.99. The summed E-state index contributed by atoms with van der Waals surface area (Å²) < 4.78 is 5.63. The van der Waals surface area contributed by atoms with Crippen LogP contribution in [-0.4, -0.2) is 6.61 Å². The number of benzene rings is 1. The molecular weight excluding hydrogens is 242 g/mol. The van der Waals surface area contributed by atoms with E-state index in [1.165, 1.54) is 17.7 Å². The third-order valence-electron chi connectivity index (χ3n) is 2.71. The first-order valence-electron chi connectivity index (χ1n) is 6.36. The lowest BCUT2D eigenvalue weighted by molar-refractivity contribution is 0.309. The smallest absolute Gasteiger partial charge is 0.119 e. The van der Waals surface area contributed by atoms with E-state index in [9.17, 15) is 0 Å². The van der Waals surface area contributed by atoms with Gasteiger partial charge < -0.3 is 10.1 Å². The third-order valence-corrected chi connectivity index (χ3v) is 3.39. The minimum Gasteiger partial charge on any atom is -0.494 e. The summed E-state index contributed by atoms with van der Waals surface area (Å²) in [6.45, 7) is 3.83. The van der Waals surface area contributed by atoms with Gasteiger partial charge in [-0.1, -0.05) is 25.5 Å². The fraction of sp³-hybridized carbons (Fsp3) is 0.333. The van der Waals surface area contributed by atoms with E-state index in [1.54, 1.807) is 11.3 Å². The Labute approximate surface area is 113 Å². The number of hydrogen-bond donors (Lipinski definition) is 1. The molecule has 0 aliphatic carbocycles. The predicted octanol–water partition coefficient (Wildman–Crippen LogP) is 4.54. The highest BCUT2D eigenvalue weighted by molar-refractivity contribution is 7.08. The highest BCUT2D eigenvalue weighted by Crippen LogP contribution is 2.16. The van der Waals surface area contributed by atoms with Gasteiger partial charge in [0.1, 0.15) is 5.75 Å². The van der Waals surface area contributed by atoms with Gasteiger partial charge in [0.05, 0.1) is 6.61 Å². The molecule has 2 rings (SSSR count). The largest absolute Gasteiger partial charge is 0.494 e. The summed E-state index contributed by atoms with van der Waals surface area (Å²) in [6, 6.07) is 10.4. The van der Waals surface area contributed by atoms with Crippen molar-refractivity contribution in [2.75, 3.05) is 11.9 Å². The van der Waals surface area contributed by atoms with Crippen molar-refractivity contribution in [1.82, 2.24) is 0 Å². The van der Waals surface area contributed by atoms with Crippen LogP contribution in [0.4, 0.5) is 5.69 Å². The summed E-state index contributed by atoms with van der Waals surface area (Å²) >= 11 is 1.71. The maximum Gasteiger partial charge on any atom is 0.119 e. The van der Waals surface area contributed by atoms with E-state index in [0.717, 1.165) is 25.3 Å². The Hall–Kier alpha value is -1.48. The summed E-state index contributed by atoms with van der Waals surface area (Å²) in [4.78, 5) is 0. The van der Waals surface area contributed by atoms with E-state index in [4.69, 9.17) is 4.74 Å². The number of unbranched alkanes of at least 4 members (excludes halogenated alkanes) is 1. The Bertz CT molecular complexity index is 436. The predicted molar refractivity (Wildman–Crippen MR) is 78.5 cm³/mol. The lowest BCUT2D eigenvalue weighted by Crippen LogP contribution is -1.99. The van der Waals surface area contributed by atoms with Crippen LogP contribution in [-0.2, 0) is 6.54 Å². The van der Waals surface area contributed by atoms with E-state index in [-0.39, 0.29) is 0 Å². The van der Waals surface area contributed by atoms with Crippen molar-refractivity contribution in [3.63, 3.8) is 0 Å². The molecule has 2 aromatic rings. The van der Waals surface area contributed by atoms with Crippen LogP contribution in [0.25, 0.3) is 0 Å². The van der Waals surface area contributed by atoms with Crippen LogP contribution in [0.3, 0.4) is 0 Å². The molecule has 1 aromatic heterocycles. The molecule has 96 valence electrons. The molecule has 0 amide bonds. The van der Waals surface area contributed by atoms with E-state index < -0.39 is 0 Å². The second kappa shape index (κ2) is 7.07. The summed E-state index contributed by atoms with van der Waals surface area (Å²) in [7, 11) is 0. The summed E-state index contributed by atoms with van der Waals surface area (Å²) in [5, 5.41) is 7.57. The average Bonchev–Trinajstić information content (AvgIpc) is 2.91. The summed E-state index contributed by atoms with van der Waals surface area (Å²) in [5.74, 6) is 0.961. The average molecular weight is 261 g/mol. The molecule has 3 heteroatoms. The topological polar surface area (TPSA) is 21.3 Å².